The number of aliphatic imine (C=N–C) groups is 1. The highest BCUT2D eigenvalue weighted by atomic mass is 16.5. The number of aryl methyl sites for hydroxylation is 1. The summed E-state index contributed by atoms with van der Waals surface area (Å²) in [5, 5.41) is 0. The molecule has 1 fully saturated rings. The number of aromatic nitrogens is 2. The van der Waals surface area contributed by atoms with E-state index in [-0.39, 0.29) is 6.71 Å². The van der Waals surface area contributed by atoms with Crippen LogP contribution in [0.3, 0.4) is 0 Å². The predicted molar refractivity (Wildman–Crippen MR) is 129 cm³/mol. The number of hydrogen-bond acceptors (Lipinski definition) is 4. The van der Waals surface area contributed by atoms with Crippen molar-refractivity contribution in [1.82, 2.24) is 9.97 Å². The number of rotatable bonds is 5. The molecule has 162 valence electrons. The van der Waals surface area contributed by atoms with Crippen LogP contribution in [0.1, 0.15) is 65.0 Å². The van der Waals surface area contributed by atoms with E-state index in [4.69, 9.17) is 9.73 Å². The largest absolute Gasteiger partial charge is 0.477 e. The zero-order chi connectivity index (χ0) is 22.2. The third-order valence-corrected chi connectivity index (χ3v) is 6.52. The third-order valence-electron chi connectivity index (χ3n) is 6.52. The van der Waals surface area contributed by atoms with Crippen molar-refractivity contribution in [3.63, 3.8) is 0 Å². The lowest BCUT2D eigenvalue weighted by Gasteiger charge is -2.45. The van der Waals surface area contributed by atoms with Gasteiger partial charge >= 0.3 is 0 Å². The molecule has 31 heavy (non-hydrogen) atoms. The van der Waals surface area contributed by atoms with Gasteiger partial charge in [0.2, 0.25) is 5.88 Å². The fourth-order valence-electron chi connectivity index (χ4n) is 5.78. The molecule has 1 aromatic heterocycles. The number of hydrogen-bond donors (Lipinski definition) is 0. The minimum Gasteiger partial charge on any atom is -0.477 e. The topological polar surface area (TPSA) is 47.4 Å². The van der Waals surface area contributed by atoms with E-state index in [0.29, 0.717) is 29.2 Å². The molecule has 0 unspecified atom stereocenters. The molecule has 0 radical (unpaired) electrons. The number of allylic oxidation sites excluding steroid dienone is 1. The van der Waals surface area contributed by atoms with E-state index in [0.717, 1.165) is 11.2 Å². The molecule has 0 bridgehead atoms. The summed E-state index contributed by atoms with van der Waals surface area (Å²) in [5.74, 6) is 3.46. The summed E-state index contributed by atoms with van der Waals surface area (Å²) in [4.78, 5) is 14.0. The van der Waals surface area contributed by atoms with Gasteiger partial charge in [-0.25, -0.2) is 9.97 Å². The van der Waals surface area contributed by atoms with Gasteiger partial charge in [0.05, 0.1) is 12.2 Å². The van der Waals surface area contributed by atoms with Crippen LogP contribution < -0.4 is 10.2 Å². The van der Waals surface area contributed by atoms with Gasteiger partial charge < -0.3 is 4.74 Å². The molecule has 2 aliphatic rings. The maximum Gasteiger partial charge on any atom is 0.260 e. The molecule has 1 aliphatic carbocycles. The van der Waals surface area contributed by atoms with E-state index in [1.807, 2.05) is 13.1 Å². The van der Waals surface area contributed by atoms with Crippen LogP contribution in [0.5, 0.6) is 5.88 Å². The van der Waals surface area contributed by atoms with Crippen LogP contribution in [0, 0.1) is 23.7 Å². The third kappa shape index (κ3) is 4.76. The van der Waals surface area contributed by atoms with Gasteiger partial charge in [0, 0.05) is 23.4 Å². The van der Waals surface area contributed by atoms with E-state index in [1.54, 1.807) is 6.33 Å². The van der Waals surface area contributed by atoms with Gasteiger partial charge in [-0.1, -0.05) is 69.0 Å². The van der Waals surface area contributed by atoms with Crippen LogP contribution in [0.2, 0.25) is 0 Å². The lowest BCUT2D eigenvalue weighted by Crippen LogP contribution is -2.36. The molecule has 0 spiro atoms. The standard InChI is InChI=1S/C26H34BN3O/c1-7-31-24-21(15-28-17-29-24)23-27(20-10-8-18(2)9-11-20)14-22(30-23)19-12-25(3,4)16-26(5,6)13-19/h8-11,14-15,17,19H,7,12-13,16H2,1-6H3. The Balaban J connectivity index is 1.78. The molecule has 5 heteroatoms. The number of nitrogens with zero attached hydrogens (tertiary/aromatic N) is 3. The Hall–Kier alpha value is -2.43. The second-order valence-electron chi connectivity index (χ2n) is 10.8. The summed E-state index contributed by atoms with van der Waals surface area (Å²) in [7, 11) is 0. The highest BCUT2D eigenvalue weighted by Crippen LogP contribution is 2.51. The first-order valence-electron chi connectivity index (χ1n) is 11.5. The van der Waals surface area contributed by atoms with E-state index < -0.39 is 0 Å². The van der Waals surface area contributed by atoms with Crippen molar-refractivity contribution in [3.8, 4) is 5.88 Å². The summed E-state index contributed by atoms with van der Waals surface area (Å²) in [6, 6.07) is 8.79. The Morgan fingerprint density at radius 1 is 1.06 bits per heavy atom. The van der Waals surface area contributed by atoms with Gasteiger partial charge in [0.15, 0.2) is 0 Å². The van der Waals surface area contributed by atoms with Gasteiger partial charge in [-0.15, -0.1) is 0 Å². The molecule has 1 aromatic carbocycles. The summed E-state index contributed by atoms with van der Waals surface area (Å²) < 4.78 is 5.84. The van der Waals surface area contributed by atoms with Crippen LogP contribution in [-0.4, -0.2) is 28.9 Å². The van der Waals surface area contributed by atoms with Crippen LogP contribution in [-0.2, 0) is 0 Å². The van der Waals surface area contributed by atoms with Crippen molar-refractivity contribution in [2.24, 2.45) is 21.7 Å². The molecule has 0 saturated heterocycles. The second-order valence-corrected chi connectivity index (χ2v) is 10.8. The Kier molecular flexibility index (Phi) is 5.80. The van der Waals surface area contributed by atoms with Crippen molar-refractivity contribution >= 4 is 17.8 Å². The monoisotopic (exact) mass is 415 g/mol. The zero-order valence-corrected chi connectivity index (χ0v) is 19.8. The Morgan fingerprint density at radius 2 is 1.74 bits per heavy atom. The molecule has 4 nitrogen and oxygen atoms in total. The SMILES string of the molecule is CCOc1ncncc1C1=NC(C2CC(C)(C)CC(C)(C)C2)=CB1c1ccc(C)cc1. The summed E-state index contributed by atoms with van der Waals surface area (Å²) in [6.07, 6.45) is 6.99. The Morgan fingerprint density at radius 3 is 2.39 bits per heavy atom. The van der Waals surface area contributed by atoms with Crippen LogP contribution in [0.25, 0.3) is 0 Å². The molecule has 0 atom stereocenters. The number of benzene rings is 1. The van der Waals surface area contributed by atoms with Crippen LogP contribution >= 0.6 is 0 Å². The fourth-order valence-corrected chi connectivity index (χ4v) is 5.78. The zero-order valence-electron chi connectivity index (χ0n) is 19.8. The molecule has 4 rings (SSSR count). The maximum atomic E-state index is 5.84. The van der Waals surface area contributed by atoms with Gasteiger partial charge in [-0.3, -0.25) is 4.99 Å². The average molecular weight is 415 g/mol. The first-order chi connectivity index (χ1) is 14.7. The van der Waals surface area contributed by atoms with Gasteiger partial charge in [0.1, 0.15) is 6.33 Å². The molecular formula is C26H34BN3O. The quantitative estimate of drug-likeness (QED) is 0.631. The minimum absolute atomic E-state index is 0.0916. The van der Waals surface area contributed by atoms with E-state index in [1.165, 1.54) is 36.0 Å². The lowest BCUT2D eigenvalue weighted by molar-refractivity contribution is 0.0815. The van der Waals surface area contributed by atoms with Crippen molar-refractivity contribution < 1.29 is 4.74 Å². The van der Waals surface area contributed by atoms with E-state index in [2.05, 4.69) is 74.8 Å². The van der Waals surface area contributed by atoms with Gasteiger partial charge in [-0.2, -0.15) is 0 Å². The highest BCUT2D eigenvalue weighted by Gasteiger charge is 2.42. The van der Waals surface area contributed by atoms with Crippen LogP contribution in [0.4, 0.5) is 0 Å². The van der Waals surface area contributed by atoms with E-state index >= 15 is 0 Å². The molecule has 1 aliphatic heterocycles. The van der Waals surface area contributed by atoms with Crippen molar-refractivity contribution in [2.45, 2.75) is 60.8 Å². The highest BCUT2D eigenvalue weighted by molar-refractivity contribution is 7.06. The first-order valence-corrected chi connectivity index (χ1v) is 11.5. The fraction of sp³-hybridized carbons (Fsp3) is 0.500. The number of ether oxygens (including phenoxy) is 1. The van der Waals surface area contributed by atoms with Crippen molar-refractivity contribution in [1.29, 1.82) is 0 Å². The van der Waals surface area contributed by atoms with Crippen LogP contribution in [0.15, 0.2) is 53.5 Å². The maximum absolute atomic E-state index is 5.84. The smallest absolute Gasteiger partial charge is 0.260 e. The van der Waals surface area contributed by atoms with Crippen molar-refractivity contribution in [3.05, 3.63) is 59.6 Å². The van der Waals surface area contributed by atoms with Gasteiger partial charge in [0.25, 0.3) is 6.71 Å². The lowest BCUT2D eigenvalue weighted by atomic mass is 9.41. The van der Waals surface area contributed by atoms with Crippen molar-refractivity contribution in [2.75, 3.05) is 6.61 Å². The Labute approximate surface area is 187 Å². The predicted octanol–water partition coefficient (Wildman–Crippen LogP) is 5.20. The molecule has 1 saturated carbocycles. The minimum atomic E-state index is 0.0916. The molecule has 0 amide bonds. The summed E-state index contributed by atoms with van der Waals surface area (Å²) in [6.45, 7) is 14.4. The second kappa shape index (κ2) is 8.25. The van der Waals surface area contributed by atoms with E-state index in [9.17, 15) is 0 Å². The molecule has 0 N–H and O–H groups in total. The first kappa shape index (κ1) is 21.8. The molecule has 2 heterocycles. The molecular weight excluding hydrogens is 381 g/mol. The van der Waals surface area contributed by atoms with Gasteiger partial charge in [-0.05, 0) is 43.9 Å². The summed E-state index contributed by atoms with van der Waals surface area (Å²) in [5.41, 5.74) is 6.26. The normalized spacial score (nSPS) is 20.4. The molecule has 2 aromatic rings. The summed E-state index contributed by atoms with van der Waals surface area (Å²) >= 11 is 0. The Bertz CT molecular complexity index is 992. The average Bonchev–Trinajstić information content (AvgIpc) is 3.12.